The van der Waals surface area contributed by atoms with Crippen molar-refractivity contribution in [3.8, 4) is 5.75 Å². The largest absolute Gasteiger partial charge is 0.490 e. The average Bonchev–Trinajstić information content (AvgIpc) is 3.14. The second-order valence-electron chi connectivity index (χ2n) is 5.93. The number of nitrogens with zero attached hydrogens (tertiary/aromatic N) is 1. The molecular weight excluding hydrogens is 312 g/mol. The molecule has 0 aliphatic carbocycles. The number of ether oxygens (including phenoxy) is 1. The number of anilines is 1. The van der Waals surface area contributed by atoms with Crippen molar-refractivity contribution in [3.63, 3.8) is 0 Å². The molecule has 5 heteroatoms. The van der Waals surface area contributed by atoms with E-state index in [1.54, 1.807) is 0 Å². The minimum absolute atomic E-state index is 0.00784. The SMILES string of the molecule is O=C1Cc2c(cccc2OCC(Cl)N2Cc3ccccc3C2)N1. The van der Waals surface area contributed by atoms with Crippen molar-refractivity contribution in [3.05, 3.63) is 59.2 Å². The topological polar surface area (TPSA) is 41.6 Å². The van der Waals surface area contributed by atoms with Gasteiger partial charge >= 0.3 is 0 Å². The molecule has 0 fully saturated rings. The minimum atomic E-state index is -0.205. The highest BCUT2D eigenvalue weighted by Gasteiger charge is 2.26. The number of amides is 1. The average molecular weight is 329 g/mol. The highest BCUT2D eigenvalue weighted by molar-refractivity contribution is 6.20. The van der Waals surface area contributed by atoms with Crippen LogP contribution >= 0.6 is 11.6 Å². The van der Waals surface area contributed by atoms with Crippen LogP contribution in [0.25, 0.3) is 0 Å². The summed E-state index contributed by atoms with van der Waals surface area (Å²) in [6, 6.07) is 14.1. The van der Waals surface area contributed by atoms with E-state index in [1.165, 1.54) is 11.1 Å². The molecule has 0 saturated carbocycles. The van der Waals surface area contributed by atoms with E-state index in [4.69, 9.17) is 16.3 Å². The lowest BCUT2D eigenvalue weighted by Crippen LogP contribution is -2.31. The van der Waals surface area contributed by atoms with Gasteiger partial charge in [0, 0.05) is 24.3 Å². The number of hydrogen-bond acceptors (Lipinski definition) is 3. The molecule has 0 spiro atoms. The molecule has 0 aromatic heterocycles. The van der Waals surface area contributed by atoms with E-state index in [9.17, 15) is 4.79 Å². The Kier molecular flexibility index (Phi) is 3.71. The summed E-state index contributed by atoms with van der Waals surface area (Å²) in [4.78, 5) is 13.7. The lowest BCUT2D eigenvalue weighted by atomic mass is 10.1. The first-order valence-corrected chi connectivity index (χ1v) is 8.14. The van der Waals surface area contributed by atoms with Crippen LogP contribution in [0.15, 0.2) is 42.5 Å². The van der Waals surface area contributed by atoms with Crippen LogP contribution in [-0.2, 0) is 24.3 Å². The number of carbonyl (C=O) groups excluding carboxylic acids is 1. The van der Waals surface area contributed by atoms with Gasteiger partial charge in [-0.1, -0.05) is 30.3 Å². The van der Waals surface area contributed by atoms with Gasteiger partial charge < -0.3 is 10.1 Å². The summed E-state index contributed by atoms with van der Waals surface area (Å²) in [5.41, 5.74) is 4.21. The van der Waals surface area contributed by atoms with Crippen LogP contribution in [-0.4, -0.2) is 22.9 Å². The Hall–Kier alpha value is -2.04. The normalized spacial score (nSPS) is 17.5. The fraction of sp³-hybridized carbons (Fsp3) is 0.278. The number of nitrogens with one attached hydrogen (secondary N) is 1. The monoisotopic (exact) mass is 328 g/mol. The van der Waals surface area contributed by atoms with Gasteiger partial charge in [0.05, 0.1) is 6.42 Å². The van der Waals surface area contributed by atoms with Gasteiger partial charge in [0.25, 0.3) is 0 Å². The predicted octanol–water partition coefficient (Wildman–Crippen LogP) is 3.14. The summed E-state index contributed by atoms with van der Waals surface area (Å²) < 4.78 is 5.90. The molecule has 4 rings (SSSR count). The number of fused-ring (bicyclic) bond motifs is 2. The summed E-state index contributed by atoms with van der Waals surface area (Å²) >= 11 is 6.53. The molecule has 0 bridgehead atoms. The van der Waals surface area contributed by atoms with E-state index < -0.39 is 0 Å². The molecule has 4 nitrogen and oxygen atoms in total. The second kappa shape index (κ2) is 5.87. The highest BCUT2D eigenvalue weighted by atomic mass is 35.5. The van der Waals surface area contributed by atoms with Crippen LogP contribution in [0.1, 0.15) is 16.7 Å². The summed E-state index contributed by atoms with van der Waals surface area (Å²) in [6.45, 7) is 2.08. The van der Waals surface area contributed by atoms with E-state index >= 15 is 0 Å². The fourth-order valence-electron chi connectivity index (χ4n) is 3.18. The van der Waals surface area contributed by atoms with Gasteiger partial charge in [-0.15, -0.1) is 11.6 Å². The number of halogens is 1. The Labute approximate surface area is 140 Å². The molecule has 0 radical (unpaired) electrons. The third-order valence-electron chi connectivity index (χ3n) is 4.38. The Bertz CT molecular complexity index is 737. The molecule has 1 amide bonds. The molecule has 2 aromatic rings. The van der Waals surface area contributed by atoms with Gasteiger partial charge in [0.15, 0.2) is 0 Å². The number of carbonyl (C=O) groups is 1. The molecule has 118 valence electrons. The van der Waals surface area contributed by atoms with Gasteiger partial charge in [0.1, 0.15) is 17.9 Å². The van der Waals surface area contributed by atoms with Crippen molar-refractivity contribution >= 4 is 23.2 Å². The molecule has 1 N–H and O–H groups in total. The first kappa shape index (κ1) is 14.5. The van der Waals surface area contributed by atoms with Crippen molar-refractivity contribution in [2.45, 2.75) is 25.0 Å². The summed E-state index contributed by atoms with van der Waals surface area (Å²) in [5.74, 6) is 0.747. The lowest BCUT2D eigenvalue weighted by Gasteiger charge is -2.22. The standard InChI is InChI=1S/C18H17ClN2O2/c19-17(21-9-12-4-1-2-5-13(12)10-21)11-23-16-7-3-6-15-14(16)8-18(22)20-15/h1-7,17H,8-11H2,(H,20,22). The Morgan fingerprint density at radius 1 is 1.13 bits per heavy atom. The lowest BCUT2D eigenvalue weighted by molar-refractivity contribution is -0.115. The van der Waals surface area contributed by atoms with Crippen LogP contribution < -0.4 is 10.1 Å². The molecule has 2 aliphatic heterocycles. The summed E-state index contributed by atoms with van der Waals surface area (Å²) in [7, 11) is 0. The number of hydrogen-bond donors (Lipinski definition) is 1. The number of rotatable bonds is 4. The summed E-state index contributed by atoms with van der Waals surface area (Å²) in [5, 5.41) is 2.83. The van der Waals surface area contributed by atoms with Crippen LogP contribution in [0.5, 0.6) is 5.75 Å². The first-order valence-electron chi connectivity index (χ1n) is 7.70. The first-order chi connectivity index (χ1) is 11.2. The quantitative estimate of drug-likeness (QED) is 0.692. The maximum absolute atomic E-state index is 11.5. The number of benzene rings is 2. The zero-order chi connectivity index (χ0) is 15.8. The van der Waals surface area contributed by atoms with Gasteiger partial charge in [0.2, 0.25) is 5.91 Å². The maximum atomic E-state index is 11.5. The molecule has 23 heavy (non-hydrogen) atoms. The maximum Gasteiger partial charge on any atom is 0.229 e. The smallest absolute Gasteiger partial charge is 0.229 e. The predicted molar refractivity (Wildman–Crippen MR) is 89.6 cm³/mol. The third kappa shape index (κ3) is 2.80. The van der Waals surface area contributed by atoms with Crippen molar-refractivity contribution in [2.75, 3.05) is 11.9 Å². The van der Waals surface area contributed by atoms with E-state index in [0.29, 0.717) is 13.0 Å². The van der Waals surface area contributed by atoms with E-state index in [-0.39, 0.29) is 11.4 Å². The van der Waals surface area contributed by atoms with Gasteiger partial charge in [-0.2, -0.15) is 0 Å². The van der Waals surface area contributed by atoms with E-state index in [0.717, 1.165) is 30.1 Å². The van der Waals surface area contributed by atoms with E-state index in [1.807, 2.05) is 18.2 Å². The van der Waals surface area contributed by atoms with Crippen LogP contribution in [0.3, 0.4) is 0 Å². The van der Waals surface area contributed by atoms with Crippen LogP contribution in [0.2, 0.25) is 0 Å². The van der Waals surface area contributed by atoms with Crippen LogP contribution in [0, 0.1) is 0 Å². The van der Waals surface area contributed by atoms with E-state index in [2.05, 4.69) is 34.5 Å². The van der Waals surface area contributed by atoms with Gasteiger partial charge in [-0.25, -0.2) is 0 Å². The Morgan fingerprint density at radius 2 is 1.87 bits per heavy atom. The zero-order valence-corrected chi connectivity index (χ0v) is 13.3. The van der Waals surface area contributed by atoms with Gasteiger partial charge in [-0.05, 0) is 23.3 Å². The van der Waals surface area contributed by atoms with Crippen LogP contribution in [0.4, 0.5) is 5.69 Å². The molecule has 1 atom stereocenters. The zero-order valence-electron chi connectivity index (χ0n) is 12.6. The Balaban J connectivity index is 1.41. The Morgan fingerprint density at radius 3 is 2.61 bits per heavy atom. The second-order valence-corrected chi connectivity index (χ2v) is 6.43. The summed E-state index contributed by atoms with van der Waals surface area (Å²) in [6.07, 6.45) is 0.369. The van der Waals surface area contributed by atoms with Crippen molar-refractivity contribution in [1.82, 2.24) is 4.90 Å². The van der Waals surface area contributed by atoms with Gasteiger partial charge in [-0.3, -0.25) is 9.69 Å². The molecule has 2 aromatic carbocycles. The van der Waals surface area contributed by atoms with Crippen molar-refractivity contribution in [2.24, 2.45) is 0 Å². The third-order valence-corrected chi connectivity index (χ3v) is 4.78. The molecule has 1 unspecified atom stereocenters. The fourth-order valence-corrected chi connectivity index (χ4v) is 3.38. The molecule has 2 heterocycles. The molecular formula is C18H17ClN2O2. The minimum Gasteiger partial charge on any atom is -0.490 e. The van der Waals surface area contributed by atoms with Crippen molar-refractivity contribution in [1.29, 1.82) is 0 Å². The molecule has 2 aliphatic rings. The molecule has 0 saturated heterocycles. The number of alkyl halides is 1. The van der Waals surface area contributed by atoms with Crippen molar-refractivity contribution < 1.29 is 9.53 Å². The highest BCUT2D eigenvalue weighted by Crippen LogP contribution is 2.32.